The summed E-state index contributed by atoms with van der Waals surface area (Å²) in [5, 5.41) is 16.8. The van der Waals surface area contributed by atoms with E-state index in [1.807, 2.05) is 12.1 Å². The molecule has 1 aromatic heterocycles. The number of aryl methyl sites for hydroxylation is 2. The summed E-state index contributed by atoms with van der Waals surface area (Å²) in [6.07, 6.45) is 3.11. The summed E-state index contributed by atoms with van der Waals surface area (Å²) in [6, 6.07) is 10.5. The predicted octanol–water partition coefficient (Wildman–Crippen LogP) is 2.75. The van der Waals surface area contributed by atoms with E-state index in [2.05, 4.69) is 34.7 Å². The fourth-order valence-electron chi connectivity index (χ4n) is 3.55. The van der Waals surface area contributed by atoms with Gasteiger partial charge in [0.2, 0.25) is 0 Å². The van der Waals surface area contributed by atoms with Gasteiger partial charge < -0.3 is 20.3 Å². The zero-order valence-electron chi connectivity index (χ0n) is 18.2. The first-order valence-electron chi connectivity index (χ1n) is 10.6. The lowest BCUT2D eigenvalue weighted by Gasteiger charge is -2.25. The Morgan fingerprint density at radius 2 is 1.84 bits per heavy atom. The van der Waals surface area contributed by atoms with Crippen molar-refractivity contribution in [1.29, 1.82) is 0 Å². The summed E-state index contributed by atoms with van der Waals surface area (Å²) in [4.78, 5) is 16.7. The number of imidazole rings is 1. The lowest BCUT2D eigenvalue weighted by molar-refractivity contribution is 0.0817. The second-order valence-corrected chi connectivity index (χ2v) is 7.80. The fourth-order valence-corrected chi connectivity index (χ4v) is 3.55. The number of benzene rings is 2. The highest BCUT2D eigenvalue weighted by Gasteiger charge is 2.24. The Hall–Kier alpha value is -3.10. The third-order valence-corrected chi connectivity index (χ3v) is 5.27. The molecule has 170 valence electrons. The van der Waals surface area contributed by atoms with Crippen LogP contribution in [-0.4, -0.2) is 39.3 Å². The summed E-state index contributed by atoms with van der Waals surface area (Å²) < 4.78 is 28.9. The molecule has 0 aliphatic rings. The van der Waals surface area contributed by atoms with Gasteiger partial charge in [-0.2, -0.15) is 0 Å². The molecule has 0 bridgehead atoms. The molecule has 0 radical (unpaired) electrons. The number of hydrogen-bond donors (Lipinski definition) is 3. The molecule has 2 aromatic carbocycles. The third kappa shape index (κ3) is 6.45. The second kappa shape index (κ2) is 11.0. The number of aliphatic hydroxyl groups is 1. The normalized spacial score (nSPS) is 13.0. The summed E-state index contributed by atoms with van der Waals surface area (Å²) in [6.45, 7) is 2.81. The van der Waals surface area contributed by atoms with E-state index in [0.29, 0.717) is 12.1 Å². The Morgan fingerprint density at radius 3 is 2.50 bits per heavy atom. The van der Waals surface area contributed by atoms with Gasteiger partial charge in [-0.05, 0) is 41.7 Å². The van der Waals surface area contributed by atoms with Crippen molar-refractivity contribution in [3.63, 3.8) is 0 Å². The highest BCUT2D eigenvalue weighted by Crippen LogP contribution is 2.13. The van der Waals surface area contributed by atoms with E-state index in [1.54, 1.807) is 17.8 Å². The standard InChI is InChI=1S/C24H28F2N4O2/c1-3-16-5-4-6-17(9-16)14-27-15-22(31)21(12-18-10-19(25)13-20(26)11-18)29-24(32)23-28-7-8-30(23)2/h4-11,13,21-22,27,31H,3,12,14-15H2,1-2H3,(H,29,32)/t21-,22-/m0/s1. The van der Waals surface area contributed by atoms with Crippen LogP contribution in [0.25, 0.3) is 0 Å². The number of nitrogens with zero attached hydrogens (tertiary/aromatic N) is 2. The van der Waals surface area contributed by atoms with E-state index < -0.39 is 29.7 Å². The maximum Gasteiger partial charge on any atom is 0.287 e. The quantitative estimate of drug-likeness (QED) is 0.451. The minimum atomic E-state index is -1.00. The number of aliphatic hydroxyl groups excluding tert-OH is 1. The minimum Gasteiger partial charge on any atom is -0.390 e. The van der Waals surface area contributed by atoms with Crippen LogP contribution in [0.4, 0.5) is 8.78 Å². The van der Waals surface area contributed by atoms with Crippen LogP contribution in [-0.2, 0) is 26.4 Å². The monoisotopic (exact) mass is 442 g/mol. The van der Waals surface area contributed by atoms with Gasteiger partial charge in [0.05, 0.1) is 12.1 Å². The molecule has 0 aliphatic carbocycles. The van der Waals surface area contributed by atoms with Gasteiger partial charge in [0.15, 0.2) is 5.82 Å². The average Bonchev–Trinajstić information content (AvgIpc) is 3.18. The van der Waals surface area contributed by atoms with Crippen molar-refractivity contribution in [2.24, 2.45) is 7.05 Å². The van der Waals surface area contributed by atoms with Gasteiger partial charge in [0, 0.05) is 38.6 Å². The summed E-state index contributed by atoms with van der Waals surface area (Å²) in [5.74, 6) is -1.72. The molecule has 0 saturated carbocycles. The Morgan fingerprint density at radius 1 is 1.12 bits per heavy atom. The predicted molar refractivity (Wildman–Crippen MR) is 118 cm³/mol. The Balaban J connectivity index is 1.69. The van der Waals surface area contributed by atoms with Gasteiger partial charge in [0.25, 0.3) is 5.91 Å². The molecule has 6 nitrogen and oxygen atoms in total. The largest absolute Gasteiger partial charge is 0.390 e. The Labute approximate surface area is 186 Å². The van der Waals surface area contributed by atoms with Crippen molar-refractivity contribution in [2.45, 2.75) is 38.5 Å². The first-order chi connectivity index (χ1) is 15.4. The highest BCUT2D eigenvalue weighted by atomic mass is 19.1. The third-order valence-electron chi connectivity index (χ3n) is 5.27. The van der Waals surface area contributed by atoms with Crippen LogP contribution >= 0.6 is 0 Å². The van der Waals surface area contributed by atoms with Crippen molar-refractivity contribution >= 4 is 5.91 Å². The first kappa shape index (κ1) is 23.6. The van der Waals surface area contributed by atoms with E-state index in [9.17, 15) is 18.7 Å². The molecule has 1 heterocycles. The smallest absolute Gasteiger partial charge is 0.287 e. The lowest BCUT2D eigenvalue weighted by Crippen LogP contribution is -2.49. The molecular formula is C24H28F2N4O2. The number of halogens is 2. The van der Waals surface area contributed by atoms with E-state index in [0.717, 1.165) is 18.1 Å². The Kier molecular flexibility index (Phi) is 8.08. The number of carbonyl (C=O) groups excluding carboxylic acids is 1. The first-order valence-corrected chi connectivity index (χ1v) is 10.6. The highest BCUT2D eigenvalue weighted by molar-refractivity contribution is 5.91. The van der Waals surface area contributed by atoms with Crippen LogP contribution in [0.2, 0.25) is 0 Å². The van der Waals surface area contributed by atoms with E-state index in [4.69, 9.17) is 0 Å². The number of amides is 1. The number of hydrogen-bond acceptors (Lipinski definition) is 4. The number of rotatable bonds is 10. The van der Waals surface area contributed by atoms with Gasteiger partial charge in [-0.15, -0.1) is 0 Å². The van der Waals surface area contributed by atoms with Crippen molar-refractivity contribution < 1.29 is 18.7 Å². The van der Waals surface area contributed by atoms with Crippen molar-refractivity contribution in [2.75, 3.05) is 6.54 Å². The molecule has 0 fully saturated rings. The molecule has 0 unspecified atom stereocenters. The van der Waals surface area contributed by atoms with Crippen LogP contribution in [0.3, 0.4) is 0 Å². The van der Waals surface area contributed by atoms with E-state index in [1.165, 1.54) is 23.9 Å². The SMILES string of the molecule is CCc1cccc(CNC[C@H](O)[C@H](Cc2cc(F)cc(F)c2)NC(=O)c2nccn2C)c1. The molecule has 3 rings (SSSR count). The zero-order valence-corrected chi connectivity index (χ0v) is 18.2. The average molecular weight is 443 g/mol. The van der Waals surface area contributed by atoms with Crippen LogP contribution < -0.4 is 10.6 Å². The molecule has 3 N–H and O–H groups in total. The summed E-state index contributed by atoms with van der Waals surface area (Å²) in [7, 11) is 1.68. The fraction of sp³-hybridized carbons (Fsp3) is 0.333. The molecule has 0 spiro atoms. The lowest BCUT2D eigenvalue weighted by atomic mass is 10.0. The maximum absolute atomic E-state index is 13.7. The molecular weight excluding hydrogens is 414 g/mol. The van der Waals surface area contributed by atoms with Crippen molar-refractivity contribution in [3.05, 3.63) is 89.0 Å². The van der Waals surface area contributed by atoms with Crippen LogP contribution in [0.1, 0.15) is 34.2 Å². The molecule has 32 heavy (non-hydrogen) atoms. The van der Waals surface area contributed by atoms with Crippen LogP contribution in [0.15, 0.2) is 54.9 Å². The molecule has 0 aliphatic heterocycles. The van der Waals surface area contributed by atoms with Gasteiger partial charge in [0.1, 0.15) is 11.6 Å². The van der Waals surface area contributed by atoms with Gasteiger partial charge in [-0.25, -0.2) is 13.8 Å². The van der Waals surface area contributed by atoms with E-state index >= 15 is 0 Å². The second-order valence-electron chi connectivity index (χ2n) is 7.80. The maximum atomic E-state index is 13.7. The van der Waals surface area contributed by atoms with Crippen LogP contribution in [0, 0.1) is 11.6 Å². The van der Waals surface area contributed by atoms with Gasteiger partial charge in [-0.1, -0.05) is 31.2 Å². The molecule has 0 saturated heterocycles. The number of nitrogens with one attached hydrogen (secondary N) is 2. The zero-order chi connectivity index (χ0) is 23.1. The molecule has 1 amide bonds. The van der Waals surface area contributed by atoms with Gasteiger partial charge >= 0.3 is 0 Å². The summed E-state index contributed by atoms with van der Waals surface area (Å²) >= 11 is 0. The molecule has 8 heteroatoms. The minimum absolute atomic E-state index is 0.0546. The van der Waals surface area contributed by atoms with Crippen molar-refractivity contribution in [1.82, 2.24) is 20.2 Å². The topological polar surface area (TPSA) is 79.2 Å². The number of aromatic nitrogens is 2. The summed E-state index contributed by atoms with van der Waals surface area (Å²) in [5.41, 5.74) is 2.64. The molecule has 3 aromatic rings. The molecule has 2 atom stereocenters. The number of carbonyl (C=O) groups is 1. The van der Waals surface area contributed by atoms with Gasteiger partial charge in [-0.3, -0.25) is 4.79 Å². The van der Waals surface area contributed by atoms with E-state index in [-0.39, 0.29) is 18.8 Å². The Bertz CT molecular complexity index is 1030. The van der Waals surface area contributed by atoms with Crippen LogP contribution in [0.5, 0.6) is 0 Å². The van der Waals surface area contributed by atoms with Crippen molar-refractivity contribution in [3.8, 4) is 0 Å².